The number of thiazole rings is 1. The molecule has 42 heavy (non-hydrogen) atoms. The monoisotopic (exact) mass is 591 g/mol. The Morgan fingerprint density at radius 3 is 2.62 bits per heavy atom. The van der Waals surface area contributed by atoms with Crippen LogP contribution in [0.4, 0.5) is 14.9 Å². The molecular formula is C29H26FN5O6S. The summed E-state index contributed by atoms with van der Waals surface area (Å²) in [6.45, 7) is 4.52. The van der Waals surface area contributed by atoms with E-state index in [9.17, 15) is 9.59 Å². The lowest BCUT2D eigenvalue weighted by Crippen LogP contribution is -2.32. The number of aromatic nitrogens is 4. The molecule has 2 atom stereocenters. The second-order valence-corrected chi connectivity index (χ2v) is 10.5. The van der Waals surface area contributed by atoms with Crippen LogP contribution >= 0.6 is 11.3 Å². The molecule has 11 nitrogen and oxygen atoms in total. The van der Waals surface area contributed by atoms with Crippen molar-refractivity contribution in [1.29, 1.82) is 0 Å². The summed E-state index contributed by atoms with van der Waals surface area (Å²) in [5, 5.41) is 12.1. The van der Waals surface area contributed by atoms with E-state index in [-0.39, 0.29) is 17.0 Å². The number of amides is 1. The van der Waals surface area contributed by atoms with Crippen molar-refractivity contribution in [3.05, 3.63) is 65.9 Å². The van der Waals surface area contributed by atoms with E-state index in [0.717, 1.165) is 11.1 Å². The third kappa shape index (κ3) is 6.11. The van der Waals surface area contributed by atoms with Gasteiger partial charge in [0.25, 0.3) is 0 Å². The minimum Gasteiger partial charge on any atom is -0.484 e. The van der Waals surface area contributed by atoms with Gasteiger partial charge >= 0.3 is 6.09 Å². The van der Waals surface area contributed by atoms with Crippen molar-refractivity contribution in [2.45, 2.75) is 33.0 Å². The van der Waals surface area contributed by atoms with Gasteiger partial charge in [0.15, 0.2) is 17.3 Å². The molecule has 0 saturated carbocycles. The molecule has 0 aliphatic carbocycles. The normalized spacial score (nSPS) is 12.6. The first-order valence-corrected chi connectivity index (χ1v) is 13.6. The molecule has 216 valence electrons. The Balaban J connectivity index is 1.31. The second kappa shape index (κ2) is 12.0. The molecule has 0 unspecified atom stereocenters. The first-order valence-electron chi connectivity index (χ1n) is 12.8. The molecule has 13 heteroatoms. The van der Waals surface area contributed by atoms with Crippen LogP contribution in [-0.2, 0) is 4.74 Å². The number of anilines is 1. The Morgan fingerprint density at radius 2 is 1.86 bits per heavy atom. The number of carbonyl (C=O) groups excluding carboxylic acids is 2. The summed E-state index contributed by atoms with van der Waals surface area (Å²) in [7, 11) is 1.53. The van der Waals surface area contributed by atoms with E-state index >= 15 is 4.39 Å². The highest BCUT2D eigenvalue weighted by atomic mass is 32.1. The topological polar surface area (TPSA) is 146 Å². The van der Waals surface area contributed by atoms with E-state index in [2.05, 4.69) is 25.3 Å². The largest absolute Gasteiger partial charge is 0.484 e. The van der Waals surface area contributed by atoms with Crippen LogP contribution in [0, 0.1) is 12.7 Å². The summed E-state index contributed by atoms with van der Waals surface area (Å²) in [6, 6.07) is 8.10. The number of fused-ring (bicyclic) bond motifs is 2. The summed E-state index contributed by atoms with van der Waals surface area (Å²) < 4.78 is 32.2. The van der Waals surface area contributed by atoms with Gasteiger partial charge in [-0.05, 0) is 44.5 Å². The molecule has 0 saturated heterocycles. The highest BCUT2D eigenvalue weighted by molar-refractivity contribution is 7.21. The average molecular weight is 592 g/mol. The molecule has 1 amide bonds. The number of nitrogens with zero attached hydrogens (tertiary/aromatic N) is 4. The fourth-order valence-corrected chi connectivity index (χ4v) is 5.10. The number of benzene rings is 2. The minimum absolute atomic E-state index is 0.0147. The lowest BCUT2D eigenvalue weighted by molar-refractivity contribution is 0.0402. The molecule has 0 aliphatic heterocycles. The van der Waals surface area contributed by atoms with Gasteiger partial charge in [-0.15, -0.1) is 11.3 Å². The summed E-state index contributed by atoms with van der Waals surface area (Å²) in [4.78, 5) is 41.6. The molecule has 2 aromatic carbocycles. The number of aryl methyl sites for hydroxylation is 1. The fraction of sp³-hybridized carbons (Fsp3) is 0.241. The van der Waals surface area contributed by atoms with Crippen molar-refractivity contribution in [1.82, 2.24) is 19.9 Å². The molecule has 0 aliphatic rings. The smallest absolute Gasteiger partial charge is 0.412 e. The van der Waals surface area contributed by atoms with Gasteiger partial charge in [-0.25, -0.2) is 24.1 Å². The summed E-state index contributed by atoms with van der Waals surface area (Å²) >= 11 is 1.36. The van der Waals surface area contributed by atoms with Gasteiger partial charge in [0, 0.05) is 29.5 Å². The zero-order valence-corrected chi connectivity index (χ0v) is 23.9. The van der Waals surface area contributed by atoms with Gasteiger partial charge in [-0.3, -0.25) is 15.1 Å². The third-order valence-corrected chi connectivity index (χ3v) is 7.42. The fourth-order valence-electron chi connectivity index (χ4n) is 4.10. The number of aliphatic hydroxyl groups is 1. The van der Waals surface area contributed by atoms with E-state index < -0.39 is 36.5 Å². The van der Waals surface area contributed by atoms with E-state index in [4.69, 9.17) is 19.3 Å². The van der Waals surface area contributed by atoms with Crippen molar-refractivity contribution in [2.24, 2.45) is 0 Å². The highest BCUT2D eigenvalue weighted by Crippen LogP contribution is 2.37. The van der Waals surface area contributed by atoms with E-state index in [1.165, 1.54) is 49.2 Å². The Hall–Kier alpha value is -4.75. The van der Waals surface area contributed by atoms with Gasteiger partial charge in [0.05, 0.1) is 46.4 Å². The van der Waals surface area contributed by atoms with Crippen LogP contribution in [0.25, 0.3) is 31.8 Å². The molecule has 5 aromatic rings. The maximum Gasteiger partial charge on any atom is 0.412 e. The summed E-state index contributed by atoms with van der Waals surface area (Å²) in [5.74, 6) is -0.765. The zero-order valence-electron chi connectivity index (χ0n) is 23.0. The maximum atomic E-state index is 15.1. The molecule has 0 spiro atoms. The Bertz CT molecular complexity index is 1810. The molecule has 3 aromatic heterocycles. The number of Topliss-reactive ketones (excluding diaryl/α,β-unsaturated/α-hetero) is 1. The zero-order chi connectivity index (χ0) is 30.0. The predicted octanol–water partition coefficient (Wildman–Crippen LogP) is 5.34. The van der Waals surface area contributed by atoms with E-state index in [0.29, 0.717) is 32.1 Å². The van der Waals surface area contributed by atoms with Crippen molar-refractivity contribution in [3.63, 3.8) is 0 Å². The molecule has 2 N–H and O–H groups in total. The van der Waals surface area contributed by atoms with Gasteiger partial charge in [-0.1, -0.05) is 0 Å². The SMILES string of the molecule is COc1cnc2c(-c3nc4cc(F)c(O[C@@H](C)[C@@H](C)OC(=O)Nc5cncc(C(=O)CO)c5)cc4s3)cc(C)cc2n1. The number of rotatable bonds is 9. The van der Waals surface area contributed by atoms with Crippen LogP contribution in [0.2, 0.25) is 0 Å². The summed E-state index contributed by atoms with van der Waals surface area (Å²) in [6.07, 6.45) is 1.83. The molecule has 3 heterocycles. The molecular weight excluding hydrogens is 565 g/mol. The van der Waals surface area contributed by atoms with E-state index in [1.54, 1.807) is 19.9 Å². The summed E-state index contributed by atoms with van der Waals surface area (Å²) in [5.41, 5.74) is 3.86. The van der Waals surface area contributed by atoms with Gasteiger partial charge in [0.1, 0.15) is 23.8 Å². The van der Waals surface area contributed by atoms with Gasteiger partial charge in [0.2, 0.25) is 5.88 Å². The van der Waals surface area contributed by atoms with Crippen LogP contribution in [-0.4, -0.2) is 62.8 Å². The molecule has 0 fully saturated rings. The van der Waals surface area contributed by atoms with E-state index in [1.807, 2.05) is 19.1 Å². The lowest BCUT2D eigenvalue weighted by atomic mass is 10.1. The maximum absolute atomic E-state index is 15.1. The number of ketones is 1. The lowest BCUT2D eigenvalue weighted by Gasteiger charge is -2.22. The number of halogens is 1. The van der Waals surface area contributed by atoms with Crippen LogP contribution in [0.15, 0.2) is 48.9 Å². The second-order valence-electron chi connectivity index (χ2n) is 9.46. The number of hydrogen-bond donors (Lipinski definition) is 2. The number of nitrogens with one attached hydrogen (secondary N) is 1. The standard InChI is InChI=1S/C29H26FN5O6S/c1-14-5-19(27-22(6-14)34-26(39-4)12-32-27)28-35-21-8-20(30)24(9-25(21)42-28)40-15(2)16(3)41-29(38)33-18-7-17(10-31-11-18)23(37)13-36/h5-12,15-16,36H,13H2,1-4H3,(H,33,38)/t15-,16+/m0/s1. The average Bonchev–Trinajstić information content (AvgIpc) is 3.38. The molecule has 0 bridgehead atoms. The van der Waals surface area contributed by atoms with Crippen LogP contribution in [0.3, 0.4) is 0 Å². The highest BCUT2D eigenvalue weighted by Gasteiger charge is 2.22. The van der Waals surface area contributed by atoms with Crippen LogP contribution in [0.1, 0.15) is 29.8 Å². The number of ether oxygens (including phenoxy) is 3. The number of carbonyl (C=O) groups is 2. The number of pyridine rings is 1. The number of methoxy groups -OCH3 is 1. The van der Waals surface area contributed by atoms with Gasteiger partial charge in [-0.2, -0.15) is 0 Å². The van der Waals surface area contributed by atoms with Crippen LogP contribution in [0.5, 0.6) is 11.6 Å². The van der Waals surface area contributed by atoms with Crippen molar-refractivity contribution >= 4 is 50.2 Å². The quantitative estimate of drug-likeness (QED) is 0.216. The Labute approximate surface area is 243 Å². The Kier molecular flexibility index (Phi) is 8.22. The van der Waals surface area contributed by atoms with Gasteiger partial charge < -0.3 is 19.3 Å². The first-order chi connectivity index (χ1) is 20.1. The van der Waals surface area contributed by atoms with Crippen LogP contribution < -0.4 is 14.8 Å². The Morgan fingerprint density at radius 1 is 1.05 bits per heavy atom. The number of aliphatic hydroxyl groups excluding tert-OH is 1. The third-order valence-electron chi connectivity index (χ3n) is 6.37. The van der Waals surface area contributed by atoms with Crippen molar-refractivity contribution < 1.29 is 33.3 Å². The molecule has 0 radical (unpaired) electrons. The minimum atomic E-state index is -0.817. The number of hydrogen-bond acceptors (Lipinski definition) is 11. The predicted molar refractivity (Wildman–Crippen MR) is 155 cm³/mol. The van der Waals surface area contributed by atoms with Crippen molar-refractivity contribution in [2.75, 3.05) is 19.0 Å². The molecule has 5 rings (SSSR count). The first kappa shape index (κ1) is 28.8. The van der Waals surface area contributed by atoms with Crippen molar-refractivity contribution in [3.8, 4) is 22.2 Å².